The first kappa shape index (κ1) is 18.7. The average molecular weight is 367 g/mol. The van der Waals surface area contributed by atoms with Crippen molar-refractivity contribution in [2.24, 2.45) is 7.05 Å². The van der Waals surface area contributed by atoms with E-state index in [1.54, 1.807) is 13.2 Å². The van der Waals surface area contributed by atoms with Crippen LogP contribution in [0.15, 0.2) is 30.3 Å². The Bertz CT molecular complexity index is 942. The molecule has 0 fully saturated rings. The molecule has 0 aliphatic rings. The summed E-state index contributed by atoms with van der Waals surface area (Å²) < 4.78 is 7.17. The van der Waals surface area contributed by atoms with Crippen LogP contribution in [0.4, 0.5) is 0 Å². The Morgan fingerprint density at radius 1 is 1.30 bits per heavy atom. The van der Waals surface area contributed by atoms with Gasteiger partial charge in [-0.3, -0.25) is 14.6 Å². The Balaban J connectivity index is 1.57. The van der Waals surface area contributed by atoms with Crippen LogP contribution < -0.4 is 10.1 Å². The van der Waals surface area contributed by atoms with Gasteiger partial charge in [0.25, 0.3) is 5.91 Å². The Kier molecular flexibility index (Phi) is 5.59. The van der Waals surface area contributed by atoms with Gasteiger partial charge in [-0.15, -0.1) is 0 Å². The smallest absolute Gasteiger partial charge is 0.269 e. The highest BCUT2D eigenvalue weighted by Crippen LogP contribution is 2.25. The van der Waals surface area contributed by atoms with Crippen molar-refractivity contribution in [3.8, 4) is 17.0 Å². The van der Waals surface area contributed by atoms with Crippen molar-refractivity contribution < 1.29 is 9.53 Å². The lowest BCUT2D eigenvalue weighted by molar-refractivity contribution is 0.0948. The van der Waals surface area contributed by atoms with Crippen molar-refractivity contribution >= 4 is 5.91 Å². The van der Waals surface area contributed by atoms with Crippen molar-refractivity contribution in [2.75, 3.05) is 13.7 Å². The number of para-hydroxylation sites is 1. The zero-order chi connectivity index (χ0) is 19.4. The van der Waals surface area contributed by atoms with E-state index in [1.165, 1.54) is 0 Å². The maximum atomic E-state index is 12.4. The van der Waals surface area contributed by atoms with Crippen molar-refractivity contribution in [2.45, 2.75) is 26.7 Å². The molecule has 2 aromatic heterocycles. The number of ether oxygens (including phenoxy) is 1. The van der Waals surface area contributed by atoms with Gasteiger partial charge in [-0.2, -0.15) is 10.2 Å². The molecule has 7 nitrogen and oxygen atoms in total. The highest BCUT2D eigenvalue weighted by Gasteiger charge is 2.17. The largest absolute Gasteiger partial charge is 0.496 e. The van der Waals surface area contributed by atoms with Gasteiger partial charge in [0.1, 0.15) is 11.4 Å². The van der Waals surface area contributed by atoms with Crippen LogP contribution in [0.25, 0.3) is 11.3 Å². The highest BCUT2D eigenvalue weighted by atomic mass is 16.5. The lowest BCUT2D eigenvalue weighted by Gasteiger charge is -2.08. The molecular formula is C20H25N5O2. The van der Waals surface area contributed by atoms with E-state index in [2.05, 4.69) is 20.6 Å². The second kappa shape index (κ2) is 8.07. The molecule has 2 heterocycles. The topological polar surface area (TPSA) is 84.8 Å². The zero-order valence-electron chi connectivity index (χ0n) is 16.2. The Morgan fingerprint density at radius 2 is 2.07 bits per heavy atom. The van der Waals surface area contributed by atoms with Gasteiger partial charge in [0.15, 0.2) is 0 Å². The molecule has 0 bridgehead atoms. The van der Waals surface area contributed by atoms with E-state index in [4.69, 9.17) is 4.74 Å². The van der Waals surface area contributed by atoms with E-state index in [1.807, 2.05) is 49.8 Å². The van der Waals surface area contributed by atoms with Crippen molar-refractivity contribution in [1.29, 1.82) is 0 Å². The molecule has 0 aliphatic heterocycles. The zero-order valence-corrected chi connectivity index (χ0v) is 16.2. The van der Waals surface area contributed by atoms with E-state index in [0.717, 1.165) is 46.8 Å². The molecule has 0 spiro atoms. The third kappa shape index (κ3) is 4.02. The van der Waals surface area contributed by atoms with E-state index < -0.39 is 0 Å². The molecule has 0 saturated carbocycles. The number of carbonyl (C=O) groups is 1. The molecule has 7 heteroatoms. The Hall–Kier alpha value is -3.09. The SMILES string of the molecule is COc1ccccc1CCCNC(=O)c1cc(-c2c(C)nn(C)c2C)n[nH]1. The van der Waals surface area contributed by atoms with Crippen LogP contribution in [0.5, 0.6) is 5.75 Å². The number of nitrogens with one attached hydrogen (secondary N) is 2. The van der Waals surface area contributed by atoms with E-state index >= 15 is 0 Å². The minimum Gasteiger partial charge on any atom is -0.496 e. The normalized spacial score (nSPS) is 10.8. The second-order valence-electron chi connectivity index (χ2n) is 6.51. The van der Waals surface area contributed by atoms with Crippen LogP contribution in [0.1, 0.15) is 33.9 Å². The quantitative estimate of drug-likeness (QED) is 0.629. The van der Waals surface area contributed by atoms with E-state index in [-0.39, 0.29) is 5.91 Å². The summed E-state index contributed by atoms with van der Waals surface area (Å²) in [5.74, 6) is 0.720. The average Bonchev–Trinajstić information content (AvgIpc) is 3.23. The molecular weight excluding hydrogens is 342 g/mol. The predicted octanol–water partition coefficient (Wildman–Crippen LogP) is 2.80. The van der Waals surface area contributed by atoms with Crippen molar-refractivity contribution in [1.82, 2.24) is 25.3 Å². The second-order valence-corrected chi connectivity index (χ2v) is 6.51. The van der Waals surface area contributed by atoms with Gasteiger partial charge in [0.2, 0.25) is 0 Å². The van der Waals surface area contributed by atoms with Gasteiger partial charge < -0.3 is 10.1 Å². The van der Waals surface area contributed by atoms with Crippen LogP contribution in [0.2, 0.25) is 0 Å². The molecule has 0 aliphatic carbocycles. The molecule has 3 rings (SSSR count). The number of H-pyrrole nitrogens is 1. The Morgan fingerprint density at radius 3 is 2.78 bits per heavy atom. The minimum atomic E-state index is -0.159. The molecule has 0 radical (unpaired) electrons. The lowest BCUT2D eigenvalue weighted by Crippen LogP contribution is -2.25. The molecule has 0 atom stereocenters. The number of rotatable bonds is 7. The number of hydrogen-bond donors (Lipinski definition) is 2. The number of aryl methyl sites for hydroxylation is 3. The van der Waals surface area contributed by atoms with E-state index in [9.17, 15) is 4.79 Å². The molecule has 2 N–H and O–H groups in total. The van der Waals surface area contributed by atoms with Gasteiger partial charge in [0, 0.05) is 24.8 Å². The summed E-state index contributed by atoms with van der Waals surface area (Å²) in [6.45, 7) is 4.51. The third-order valence-electron chi connectivity index (χ3n) is 4.69. The van der Waals surface area contributed by atoms with Crippen LogP contribution in [-0.2, 0) is 13.5 Å². The van der Waals surface area contributed by atoms with Gasteiger partial charge in [0.05, 0.1) is 18.5 Å². The molecule has 0 unspecified atom stereocenters. The first-order valence-corrected chi connectivity index (χ1v) is 8.97. The number of amides is 1. The summed E-state index contributed by atoms with van der Waals surface area (Å²) in [4.78, 5) is 12.4. The molecule has 0 saturated heterocycles. The summed E-state index contributed by atoms with van der Waals surface area (Å²) >= 11 is 0. The maximum Gasteiger partial charge on any atom is 0.269 e. The number of nitrogens with zero attached hydrogens (tertiary/aromatic N) is 3. The standard InChI is InChI=1S/C20H25N5O2/c1-13-19(14(2)25(3)24-13)16-12-17(23-22-16)20(26)21-11-7-9-15-8-5-6-10-18(15)27-4/h5-6,8,10,12H,7,9,11H2,1-4H3,(H,21,26)(H,22,23). The predicted molar refractivity (Wildman–Crippen MR) is 104 cm³/mol. The first-order valence-electron chi connectivity index (χ1n) is 8.97. The van der Waals surface area contributed by atoms with Crippen LogP contribution in [0, 0.1) is 13.8 Å². The fraction of sp³-hybridized carbons (Fsp3) is 0.350. The van der Waals surface area contributed by atoms with Gasteiger partial charge in [-0.25, -0.2) is 0 Å². The van der Waals surface area contributed by atoms with Crippen molar-refractivity contribution in [3.05, 3.63) is 53.0 Å². The first-order chi connectivity index (χ1) is 13.0. The van der Waals surface area contributed by atoms with Crippen LogP contribution in [0.3, 0.4) is 0 Å². The summed E-state index contributed by atoms with van der Waals surface area (Å²) in [6, 6.07) is 9.70. The van der Waals surface area contributed by atoms with Crippen LogP contribution in [-0.4, -0.2) is 39.5 Å². The number of methoxy groups -OCH3 is 1. The summed E-state index contributed by atoms with van der Waals surface area (Å²) in [7, 11) is 3.57. The van der Waals surface area contributed by atoms with Crippen molar-refractivity contribution in [3.63, 3.8) is 0 Å². The van der Waals surface area contributed by atoms with Gasteiger partial charge in [-0.05, 0) is 44.4 Å². The summed E-state index contributed by atoms with van der Waals surface area (Å²) in [6.07, 6.45) is 1.67. The van der Waals surface area contributed by atoms with Gasteiger partial charge in [-0.1, -0.05) is 18.2 Å². The number of hydrogen-bond acceptors (Lipinski definition) is 4. The number of carbonyl (C=O) groups excluding carboxylic acids is 1. The third-order valence-corrected chi connectivity index (χ3v) is 4.69. The number of benzene rings is 1. The lowest BCUT2D eigenvalue weighted by atomic mass is 10.1. The fourth-order valence-electron chi connectivity index (χ4n) is 3.20. The monoisotopic (exact) mass is 367 g/mol. The number of aromatic amines is 1. The number of aromatic nitrogens is 4. The van der Waals surface area contributed by atoms with E-state index in [0.29, 0.717) is 12.2 Å². The maximum absolute atomic E-state index is 12.4. The van der Waals surface area contributed by atoms with Crippen LogP contribution >= 0.6 is 0 Å². The van der Waals surface area contributed by atoms with Gasteiger partial charge >= 0.3 is 0 Å². The minimum absolute atomic E-state index is 0.159. The highest BCUT2D eigenvalue weighted by molar-refractivity contribution is 5.93. The Labute approximate surface area is 158 Å². The fourth-order valence-corrected chi connectivity index (χ4v) is 3.20. The molecule has 3 aromatic rings. The molecule has 27 heavy (non-hydrogen) atoms. The molecule has 142 valence electrons. The summed E-state index contributed by atoms with van der Waals surface area (Å²) in [5.41, 5.74) is 5.19. The summed E-state index contributed by atoms with van der Waals surface area (Å²) in [5, 5.41) is 14.4. The molecule has 1 aromatic carbocycles. The molecule has 1 amide bonds.